The number of aromatic nitrogens is 5. The van der Waals surface area contributed by atoms with E-state index in [4.69, 9.17) is 5.84 Å². The zero-order valence-electron chi connectivity index (χ0n) is 10.6. The van der Waals surface area contributed by atoms with Gasteiger partial charge in [0, 0.05) is 13.6 Å². The SMILES string of the molecule is CCn1nc(C)cc1C(NN)c1c(Br)nnn1C. The van der Waals surface area contributed by atoms with Gasteiger partial charge in [-0.15, -0.1) is 5.10 Å². The summed E-state index contributed by atoms with van der Waals surface area (Å²) in [6, 6.07) is 1.80. The van der Waals surface area contributed by atoms with Crippen LogP contribution in [-0.4, -0.2) is 24.8 Å². The Morgan fingerprint density at radius 1 is 1.56 bits per heavy atom. The number of nitrogens with zero attached hydrogens (tertiary/aromatic N) is 5. The highest BCUT2D eigenvalue weighted by Gasteiger charge is 2.24. The van der Waals surface area contributed by atoms with Crippen molar-refractivity contribution in [1.82, 2.24) is 30.2 Å². The highest BCUT2D eigenvalue weighted by molar-refractivity contribution is 9.10. The number of hydrogen-bond acceptors (Lipinski definition) is 5. The Labute approximate surface area is 113 Å². The molecule has 18 heavy (non-hydrogen) atoms. The minimum atomic E-state index is -0.208. The molecule has 0 spiro atoms. The molecule has 98 valence electrons. The van der Waals surface area contributed by atoms with Crippen LogP contribution in [0.25, 0.3) is 0 Å². The van der Waals surface area contributed by atoms with Gasteiger partial charge in [0.15, 0.2) is 4.60 Å². The molecule has 0 fully saturated rings. The monoisotopic (exact) mass is 313 g/mol. The predicted molar refractivity (Wildman–Crippen MR) is 70.5 cm³/mol. The molecular weight excluding hydrogens is 298 g/mol. The van der Waals surface area contributed by atoms with Crippen LogP contribution in [0.3, 0.4) is 0 Å². The third-order valence-corrected chi connectivity index (χ3v) is 3.36. The Hall–Kier alpha value is -1.25. The van der Waals surface area contributed by atoms with Crippen molar-refractivity contribution < 1.29 is 0 Å². The van der Waals surface area contributed by atoms with Gasteiger partial charge in [0.05, 0.1) is 17.1 Å². The van der Waals surface area contributed by atoms with Crippen molar-refractivity contribution in [2.24, 2.45) is 12.9 Å². The van der Waals surface area contributed by atoms with E-state index in [-0.39, 0.29) is 6.04 Å². The summed E-state index contributed by atoms with van der Waals surface area (Å²) < 4.78 is 4.28. The number of halogens is 1. The molecule has 2 rings (SSSR count). The summed E-state index contributed by atoms with van der Waals surface area (Å²) in [6.45, 7) is 4.78. The van der Waals surface area contributed by atoms with E-state index >= 15 is 0 Å². The maximum atomic E-state index is 5.69. The standard InChI is InChI=1S/C10H16BrN7/c1-4-18-7(5-6(2)15-18)8(13-12)9-10(11)14-16-17(9)3/h5,8,13H,4,12H2,1-3H3. The number of aryl methyl sites for hydroxylation is 3. The molecule has 0 aliphatic rings. The Kier molecular flexibility index (Phi) is 3.79. The summed E-state index contributed by atoms with van der Waals surface area (Å²) in [5.41, 5.74) is 5.61. The Balaban J connectivity index is 2.51. The molecule has 0 aromatic carbocycles. The topological polar surface area (TPSA) is 86.6 Å². The highest BCUT2D eigenvalue weighted by atomic mass is 79.9. The Bertz CT molecular complexity index is 525. The van der Waals surface area contributed by atoms with E-state index in [0.717, 1.165) is 23.6 Å². The van der Waals surface area contributed by atoms with E-state index in [1.807, 2.05) is 31.6 Å². The molecule has 2 aromatic heterocycles. The van der Waals surface area contributed by atoms with E-state index in [1.54, 1.807) is 4.68 Å². The summed E-state index contributed by atoms with van der Waals surface area (Å²) in [5, 5.41) is 12.4. The van der Waals surface area contributed by atoms with E-state index < -0.39 is 0 Å². The van der Waals surface area contributed by atoms with Gasteiger partial charge in [-0.05, 0) is 35.8 Å². The average Bonchev–Trinajstić information content (AvgIpc) is 2.87. The van der Waals surface area contributed by atoms with Crippen LogP contribution in [0, 0.1) is 6.92 Å². The first-order valence-electron chi connectivity index (χ1n) is 5.64. The summed E-state index contributed by atoms with van der Waals surface area (Å²) >= 11 is 3.39. The molecule has 2 heterocycles. The lowest BCUT2D eigenvalue weighted by Crippen LogP contribution is -2.32. The zero-order chi connectivity index (χ0) is 13.3. The van der Waals surface area contributed by atoms with Crippen molar-refractivity contribution in [2.45, 2.75) is 26.4 Å². The third kappa shape index (κ3) is 2.18. The third-order valence-electron chi connectivity index (χ3n) is 2.80. The van der Waals surface area contributed by atoms with E-state index in [0.29, 0.717) is 4.60 Å². The highest BCUT2D eigenvalue weighted by Crippen LogP contribution is 2.26. The molecule has 8 heteroatoms. The molecule has 0 saturated carbocycles. The van der Waals surface area contributed by atoms with Gasteiger partial charge < -0.3 is 0 Å². The van der Waals surface area contributed by atoms with Gasteiger partial charge in [0.25, 0.3) is 0 Å². The van der Waals surface area contributed by atoms with Crippen LogP contribution < -0.4 is 11.3 Å². The fourth-order valence-electron chi connectivity index (χ4n) is 2.00. The van der Waals surface area contributed by atoms with E-state index in [9.17, 15) is 0 Å². The van der Waals surface area contributed by atoms with E-state index in [2.05, 4.69) is 36.8 Å². The summed E-state index contributed by atoms with van der Waals surface area (Å²) in [5.74, 6) is 5.69. The first kappa shape index (κ1) is 13.2. The van der Waals surface area contributed by atoms with E-state index in [1.165, 1.54) is 0 Å². The second-order valence-corrected chi connectivity index (χ2v) is 4.77. The molecule has 0 saturated heterocycles. The predicted octanol–water partition coefficient (Wildman–Crippen LogP) is 0.655. The Morgan fingerprint density at radius 3 is 2.78 bits per heavy atom. The van der Waals surface area contributed by atoms with Crippen LogP contribution in [0.4, 0.5) is 0 Å². The number of nitrogens with two attached hydrogens (primary N) is 1. The zero-order valence-corrected chi connectivity index (χ0v) is 12.1. The minimum Gasteiger partial charge on any atom is -0.270 e. The number of nitrogens with one attached hydrogen (secondary N) is 1. The normalized spacial score (nSPS) is 12.9. The van der Waals surface area contributed by atoms with Gasteiger partial charge in [0.1, 0.15) is 6.04 Å². The molecule has 2 aromatic rings. The van der Waals surface area contributed by atoms with Crippen LogP contribution in [0.2, 0.25) is 0 Å². The lowest BCUT2D eigenvalue weighted by Gasteiger charge is -2.17. The average molecular weight is 314 g/mol. The van der Waals surface area contributed by atoms with Crippen molar-refractivity contribution in [3.63, 3.8) is 0 Å². The second-order valence-electron chi connectivity index (χ2n) is 4.02. The molecule has 0 radical (unpaired) electrons. The lowest BCUT2D eigenvalue weighted by molar-refractivity contribution is 0.512. The smallest absolute Gasteiger partial charge is 0.153 e. The largest absolute Gasteiger partial charge is 0.270 e. The van der Waals surface area contributed by atoms with Gasteiger partial charge in [-0.2, -0.15) is 5.10 Å². The maximum Gasteiger partial charge on any atom is 0.153 e. The van der Waals surface area contributed by atoms with Gasteiger partial charge in [-0.1, -0.05) is 5.21 Å². The Morgan fingerprint density at radius 2 is 2.28 bits per heavy atom. The molecule has 0 amide bonds. The van der Waals surface area contributed by atoms with Crippen LogP contribution >= 0.6 is 15.9 Å². The summed E-state index contributed by atoms with van der Waals surface area (Å²) in [7, 11) is 1.83. The molecule has 3 N–H and O–H groups in total. The summed E-state index contributed by atoms with van der Waals surface area (Å²) in [4.78, 5) is 0. The molecule has 0 aliphatic carbocycles. The molecule has 0 aliphatic heterocycles. The molecule has 1 unspecified atom stereocenters. The molecular formula is C10H16BrN7. The van der Waals surface area contributed by atoms with Crippen LogP contribution in [0.15, 0.2) is 10.7 Å². The minimum absolute atomic E-state index is 0.208. The molecule has 0 bridgehead atoms. The fraction of sp³-hybridized carbons (Fsp3) is 0.500. The first-order valence-corrected chi connectivity index (χ1v) is 6.43. The van der Waals surface area contributed by atoms with Crippen molar-refractivity contribution in [3.05, 3.63) is 27.8 Å². The lowest BCUT2D eigenvalue weighted by atomic mass is 10.1. The first-order chi connectivity index (χ1) is 8.58. The van der Waals surface area contributed by atoms with Crippen molar-refractivity contribution in [1.29, 1.82) is 0 Å². The van der Waals surface area contributed by atoms with Gasteiger partial charge in [-0.25, -0.2) is 10.1 Å². The van der Waals surface area contributed by atoms with Crippen molar-refractivity contribution in [3.8, 4) is 0 Å². The maximum absolute atomic E-state index is 5.69. The number of hydrazine groups is 1. The van der Waals surface area contributed by atoms with Crippen LogP contribution in [0.5, 0.6) is 0 Å². The van der Waals surface area contributed by atoms with Gasteiger partial charge >= 0.3 is 0 Å². The molecule has 1 atom stereocenters. The number of hydrogen-bond donors (Lipinski definition) is 2. The number of rotatable bonds is 4. The fourth-order valence-corrected chi connectivity index (χ4v) is 2.56. The van der Waals surface area contributed by atoms with Crippen LogP contribution in [0.1, 0.15) is 30.0 Å². The van der Waals surface area contributed by atoms with Gasteiger partial charge in [0.2, 0.25) is 0 Å². The quantitative estimate of drug-likeness (QED) is 0.639. The molecule has 7 nitrogen and oxygen atoms in total. The second kappa shape index (κ2) is 5.17. The van der Waals surface area contributed by atoms with Crippen molar-refractivity contribution in [2.75, 3.05) is 0 Å². The summed E-state index contributed by atoms with van der Waals surface area (Å²) in [6.07, 6.45) is 0. The van der Waals surface area contributed by atoms with Gasteiger partial charge in [-0.3, -0.25) is 10.5 Å². The van der Waals surface area contributed by atoms with Crippen molar-refractivity contribution >= 4 is 15.9 Å². The van der Waals surface area contributed by atoms with Crippen LogP contribution in [-0.2, 0) is 13.6 Å².